The molecule has 1 rings (SSSR count). The van der Waals surface area contributed by atoms with Gasteiger partial charge in [-0.15, -0.1) is 6.42 Å². The van der Waals surface area contributed by atoms with E-state index < -0.39 is 0 Å². The number of anilines is 1. The zero-order chi connectivity index (χ0) is 17.1. The molecule has 3 N–H and O–H groups in total. The van der Waals surface area contributed by atoms with Gasteiger partial charge in [0.05, 0.1) is 6.54 Å². The highest BCUT2D eigenvalue weighted by Gasteiger charge is 2.04. The number of benzene rings is 1. The smallest absolute Gasteiger partial charge is 0.243 e. The maximum absolute atomic E-state index is 11.9. The first kappa shape index (κ1) is 18.6. The van der Waals surface area contributed by atoms with Crippen LogP contribution in [0.15, 0.2) is 29.3 Å². The Morgan fingerprint density at radius 2 is 2.13 bits per heavy atom. The van der Waals surface area contributed by atoms with E-state index in [-0.39, 0.29) is 12.5 Å². The lowest BCUT2D eigenvalue weighted by Gasteiger charge is -2.12. The third-order valence-electron chi connectivity index (χ3n) is 3.20. The Morgan fingerprint density at radius 3 is 2.78 bits per heavy atom. The summed E-state index contributed by atoms with van der Waals surface area (Å²) < 4.78 is 0. The van der Waals surface area contributed by atoms with E-state index >= 15 is 0 Å². The van der Waals surface area contributed by atoms with Gasteiger partial charge >= 0.3 is 0 Å². The van der Waals surface area contributed by atoms with Gasteiger partial charge in [-0.1, -0.05) is 25.8 Å². The molecule has 1 amide bonds. The van der Waals surface area contributed by atoms with Crippen molar-refractivity contribution in [1.82, 2.24) is 10.6 Å². The molecule has 0 saturated heterocycles. The van der Waals surface area contributed by atoms with Crippen molar-refractivity contribution in [3.8, 4) is 12.3 Å². The number of terminal acetylenes is 1. The Bertz CT molecular complexity index is 573. The first-order valence-corrected chi connectivity index (χ1v) is 7.86. The highest BCUT2D eigenvalue weighted by Crippen LogP contribution is 2.09. The van der Waals surface area contributed by atoms with Gasteiger partial charge in [0.25, 0.3) is 0 Å². The molecule has 0 unspecified atom stereocenters. The zero-order valence-electron chi connectivity index (χ0n) is 14.1. The van der Waals surface area contributed by atoms with Crippen LogP contribution >= 0.6 is 0 Å². The second-order valence-corrected chi connectivity index (χ2v) is 5.66. The molecule has 1 aromatic rings. The number of hydrogen-bond donors (Lipinski definition) is 3. The molecule has 0 aliphatic carbocycles. The summed E-state index contributed by atoms with van der Waals surface area (Å²) in [5.41, 5.74) is 1.42. The summed E-state index contributed by atoms with van der Waals surface area (Å²) in [5.74, 6) is 3.71. The van der Waals surface area contributed by atoms with E-state index in [0.29, 0.717) is 17.6 Å². The Balaban J connectivity index is 2.34. The third kappa shape index (κ3) is 7.91. The predicted octanol–water partition coefficient (Wildman–Crippen LogP) is 2.21. The van der Waals surface area contributed by atoms with E-state index in [4.69, 9.17) is 6.42 Å². The van der Waals surface area contributed by atoms with Crippen LogP contribution in [-0.2, 0) is 4.79 Å². The Kier molecular flexibility index (Phi) is 8.30. The molecule has 0 radical (unpaired) electrons. The molecule has 5 heteroatoms. The summed E-state index contributed by atoms with van der Waals surface area (Å²) >= 11 is 0. The van der Waals surface area contributed by atoms with Crippen LogP contribution in [0.4, 0.5) is 5.69 Å². The topological polar surface area (TPSA) is 65.5 Å². The fraction of sp³-hybridized carbons (Fsp3) is 0.444. The lowest BCUT2D eigenvalue weighted by atomic mass is 10.1. The summed E-state index contributed by atoms with van der Waals surface area (Å²) in [6.07, 6.45) is 7.58. The summed E-state index contributed by atoms with van der Waals surface area (Å²) in [4.78, 5) is 16.0. The van der Waals surface area contributed by atoms with Crippen molar-refractivity contribution >= 4 is 17.6 Å². The molecule has 0 heterocycles. The largest absolute Gasteiger partial charge is 0.356 e. The average Bonchev–Trinajstić information content (AvgIpc) is 2.54. The van der Waals surface area contributed by atoms with E-state index in [0.717, 1.165) is 24.9 Å². The molecule has 0 aliphatic rings. The number of amides is 1. The van der Waals surface area contributed by atoms with Crippen LogP contribution in [0.5, 0.6) is 0 Å². The van der Waals surface area contributed by atoms with Gasteiger partial charge in [-0.05, 0) is 37.0 Å². The van der Waals surface area contributed by atoms with Crippen molar-refractivity contribution in [2.45, 2.75) is 26.7 Å². The van der Waals surface area contributed by atoms with Crippen LogP contribution in [0.1, 0.15) is 32.3 Å². The third-order valence-corrected chi connectivity index (χ3v) is 3.20. The standard InChI is InChI=1S/C18H26N4O/c1-5-15-9-6-10-16(12-15)22-17(23)13-21-18(19-4)20-11-7-8-14(2)3/h1,6,9-10,12,14H,7-8,11,13H2,2-4H3,(H,22,23)(H2,19,20,21). The lowest BCUT2D eigenvalue weighted by Crippen LogP contribution is -2.41. The average molecular weight is 314 g/mol. The van der Waals surface area contributed by atoms with Gasteiger partial charge in [0, 0.05) is 24.8 Å². The van der Waals surface area contributed by atoms with Crippen molar-refractivity contribution in [2.24, 2.45) is 10.9 Å². The highest BCUT2D eigenvalue weighted by molar-refractivity contribution is 5.95. The summed E-state index contributed by atoms with van der Waals surface area (Å²) in [6, 6.07) is 7.19. The van der Waals surface area contributed by atoms with Crippen LogP contribution in [0.3, 0.4) is 0 Å². The molecule has 0 fully saturated rings. The van der Waals surface area contributed by atoms with Gasteiger partial charge < -0.3 is 16.0 Å². The SMILES string of the molecule is C#Cc1cccc(NC(=O)CNC(=NC)NCCCC(C)C)c1. The number of nitrogens with zero attached hydrogens (tertiary/aromatic N) is 1. The minimum Gasteiger partial charge on any atom is -0.356 e. The molecule has 0 bridgehead atoms. The Morgan fingerprint density at radius 1 is 1.35 bits per heavy atom. The number of hydrogen-bond acceptors (Lipinski definition) is 2. The van der Waals surface area contributed by atoms with Gasteiger partial charge in [-0.3, -0.25) is 9.79 Å². The summed E-state index contributed by atoms with van der Waals surface area (Å²) in [5, 5.41) is 8.99. The monoisotopic (exact) mass is 314 g/mol. The molecule has 23 heavy (non-hydrogen) atoms. The molecule has 0 aliphatic heterocycles. The first-order valence-electron chi connectivity index (χ1n) is 7.86. The number of carbonyl (C=O) groups is 1. The van der Waals surface area contributed by atoms with Crippen molar-refractivity contribution in [1.29, 1.82) is 0 Å². The second kappa shape index (κ2) is 10.3. The van der Waals surface area contributed by atoms with Gasteiger partial charge in [0.2, 0.25) is 5.91 Å². The van der Waals surface area contributed by atoms with Gasteiger partial charge in [-0.2, -0.15) is 0 Å². The van der Waals surface area contributed by atoms with Gasteiger partial charge in [0.1, 0.15) is 0 Å². The normalized spacial score (nSPS) is 11.0. The van der Waals surface area contributed by atoms with Gasteiger partial charge in [0.15, 0.2) is 5.96 Å². The maximum atomic E-state index is 11.9. The van der Waals surface area contributed by atoms with Crippen molar-refractivity contribution < 1.29 is 4.79 Å². The number of aliphatic imine (C=N–C) groups is 1. The fourth-order valence-corrected chi connectivity index (χ4v) is 1.99. The highest BCUT2D eigenvalue weighted by atomic mass is 16.1. The molecular formula is C18H26N4O. The number of nitrogens with one attached hydrogen (secondary N) is 3. The predicted molar refractivity (Wildman–Crippen MR) is 96.4 cm³/mol. The fourth-order valence-electron chi connectivity index (χ4n) is 1.99. The van der Waals surface area contributed by atoms with Crippen LogP contribution < -0.4 is 16.0 Å². The van der Waals surface area contributed by atoms with Gasteiger partial charge in [-0.25, -0.2) is 0 Å². The molecule has 124 valence electrons. The van der Waals surface area contributed by atoms with Crippen molar-refractivity contribution in [3.63, 3.8) is 0 Å². The lowest BCUT2D eigenvalue weighted by molar-refractivity contribution is -0.115. The molecule has 0 spiro atoms. The van der Waals surface area contributed by atoms with Crippen LogP contribution in [0.2, 0.25) is 0 Å². The quantitative estimate of drug-likeness (QED) is 0.313. The molecule has 5 nitrogen and oxygen atoms in total. The van der Waals surface area contributed by atoms with Crippen molar-refractivity contribution in [2.75, 3.05) is 25.5 Å². The second-order valence-electron chi connectivity index (χ2n) is 5.66. The minimum atomic E-state index is -0.149. The summed E-state index contributed by atoms with van der Waals surface area (Å²) in [7, 11) is 1.69. The summed E-state index contributed by atoms with van der Waals surface area (Å²) in [6.45, 7) is 5.38. The maximum Gasteiger partial charge on any atom is 0.243 e. The number of carbonyl (C=O) groups excluding carboxylic acids is 1. The van der Waals surface area contributed by atoms with E-state index in [1.807, 2.05) is 12.1 Å². The number of guanidine groups is 1. The molecule has 0 atom stereocenters. The van der Waals surface area contributed by atoms with E-state index in [2.05, 4.69) is 40.7 Å². The minimum absolute atomic E-state index is 0.143. The van der Waals surface area contributed by atoms with E-state index in [1.54, 1.807) is 19.2 Å². The van der Waals surface area contributed by atoms with Crippen LogP contribution in [0.25, 0.3) is 0 Å². The molecular weight excluding hydrogens is 288 g/mol. The Hall–Kier alpha value is -2.48. The molecule has 0 saturated carbocycles. The Labute approximate surface area is 139 Å². The van der Waals surface area contributed by atoms with Crippen LogP contribution in [0, 0.1) is 18.3 Å². The molecule has 1 aromatic carbocycles. The van der Waals surface area contributed by atoms with Crippen molar-refractivity contribution in [3.05, 3.63) is 29.8 Å². The molecule has 0 aromatic heterocycles. The van der Waals surface area contributed by atoms with Crippen LogP contribution in [-0.4, -0.2) is 32.0 Å². The number of rotatable bonds is 7. The first-order chi connectivity index (χ1) is 11.0. The zero-order valence-corrected chi connectivity index (χ0v) is 14.1. The van der Waals surface area contributed by atoms with E-state index in [9.17, 15) is 4.79 Å². The van der Waals surface area contributed by atoms with E-state index in [1.165, 1.54) is 0 Å².